The summed E-state index contributed by atoms with van der Waals surface area (Å²) in [5.41, 5.74) is 0.373. The Kier molecular flexibility index (Phi) is 5.18. The van der Waals surface area contributed by atoms with Crippen LogP contribution in [0.25, 0.3) is 0 Å². The van der Waals surface area contributed by atoms with Crippen molar-refractivity contribution in [3.63, 3.8) is 0 Å². The van der Waals surface area contributed by atoms with Gasteiger partial charge in [-0.05, 0) is 41.8 Å². The predicted molar refractivity (Wildman–Crippen MR) is 107 cm³/mol. The van der Waals surface area contributed by atoms with Gasteiger partial charge in [0.1, 0.15) is 23.9 Å². The van der Waals surface area contributed by atoms with Crippen LogP contribution >= 0.6 is 22.9 Å². The van der Waals surface area contributed by atoms with Crippen LogP contribution in [0.2, 0.25) is 5.02 Å². The van der Waals surface area contributed by atoms with Gasteiger partial charge in [0.2, 0.25) is 0 Å². The monoisotopic (exact) mass is 439 g/mol. The van der Waals surface area contributed by atoms with E-state index in [2.05, 4.69) is 0 Å². The van der Waals surface area contributed by atoms with Crippen LogP contribution in [0, 0.1) is 5.82 Å². The Labute approximate surface area is 170 Å². The molecule has 0 bridgehead atoms. The highest BCUT2D eigenvalue weighted by molar-refractivity contribution is 7.93. The lowest BCUT2D eigenvalue weighted by Gasteiger charge is -2.26. The number of anilines is 1. The Bertz CT molecular complexity index is 1100. The fourth-order valence-corrected chi connectivity index (χ4v) is 5.54. The molecule has 1 aliphatic heterocycles. The molecule has 0 unspecified atom stereocenters. The number of halogens is 2. The highest BCUT2D eigenvalue weighted by atomic mass is 35.5. The third-order valence-corrected chi connectivity index (χ3v) is 7.27. The molecule has 0 fully saturated rings. The van der Waals surface area contributed by atoms with Crippen molar-refractivity contribution in [1.29, 1.82) is 0 Å². The number of hydrogen-bond donors (Lipinski definition) is 0. The van der Waals surface area contributed by atoms with Gasteiger partial charge < -0.3 is 9.47 Å². The van der Waals surface area contributed by atoms with Gasteiger partial charge in [-0.25, -0.2) is 12.8 Å². The van der Waals surface area contributed by atoms with Gasteiger partial charge in [-0.15, -0.1) is 11.3 Å². The van der Waals surface area contributed by atoms with Crippen molar-refractivity contribution in [2.75, 3.05) is 17.5 Å². The van der Waals surface area contributed by atoms with Gasteiger partial charge in [0, 0.05) is 10.9 Å². The van der Waals surface area contributed by atoms with Gasteiger partial charge in [0.15, 0.2) is 11.5 Å². The van der Waals surface area contributed by atoms with E-state index in [0.717, 1.165) is 17.0 Å². The molecule has 0 saturated carbocycles. The zero-order valence-electron chi connectivity index (χ0n) is 14.5. The minimum Gasteiger partial charge on any atom is -0.486 e. The molecule has 5 nitrogen and oxygen atoms in total. The molecule has 0 radical (unpaired) electrons. The summed E-state index contributed by atoms with van der Waals surface area (Å²) in [6.45, 7) is 0.888. The number of sulfonamides is 1. The molecule has 9 heteroatoms. The summed E-state index contributed by atoms with van der Waals surface area (Å²) in [7, 11) is -4.14. The molecule has 2 aromatic carbocycles. The Morgan fingerprint density at radius 2 is 1.86 bits per heavy atom. The Morgan fingerprint density at radius 3 is 2.61 bits per heavy atom. The molecule has 4 rings (SSSR count). The Morgan fingerprint density at radius 1 is 1.07 bits per heavy atom. The molecular weight excluding hydrogens is 425 g/mol. The summed E-state index contributed by atoms with van der Waals surface area (Å²) < 4.78 is 52.9. The topological polar surface area (TPSA) is 55.8 Å². The first kappa shape index (κ1) is 19.0. The normalized spacial score (nSPS) is 13.4. The molecule has 0 atom stereocenters. The summed E-state index contributed by atoms with van der Waals surface area (Å²) in [5.74, 6) is 0.328. The second kappa shape index (κ2) is 7.62. The maximum atomic E-state index is 13.8. The first-order valence-corrected chi connectivity index (χ1v) is 11.0. The lowest BCUT2D eigenvalue weighted by atomic mass is 10.2. The zero-order valence-corrected chi connectivity index (χ0v) is 16.9. The van der Waals surface area contributed by atoms with Crippen molar-refractivity contribution < 1.29 is 22.3 Å². The molecule has 3 aromatic rings. The average Bonchev–Trinajstić information content (AvgIpc) is 3.21. The fraction of sp³-hybridized carbons (Fsp3) is 0.158. The molecule has 146 valence electrons. The number of nitrogens with zero attached hydrogens (tertiary/aromatic N) is 1. The third-order valence-electron chi connectivity index (χ3n) is 4.15. The number of thiophene rings is 1. The molecule has 1 aromatic heterocycles. The Hall–Kier alpha value is -2.29. The fourth-order valence-electron chi connectivity index (χ4n) is 2.84. The molecule has 2 heterocycles. The maximum absolute atomic E-state index is 13.8. The van der Waals surface area contributed by atoms with Crippen LogP contribution < -0.4 is 13.8 Å². The second-order valence-electron chi connectivity index (χ2n) is 5.99. The summed E-state index contributed by atoms with van der Waals surface area (Å²) in [6.07, 6.45) is 0. The van der Waals surface area contributed by atoms with Crippen molar-refractivity contribution in [3.05, 3.63) is 69.6 Å². The highest BCUT2D eigenvalue weighted by Crippen LogP contribution is 2.37. The van der Waals surface area contributed by atoms with Crippen LogP contribution in [0.4, 0.5) is 10.1 Å². The van der Waals surface area contributed by atoms with Gasteiger partial charge in [0.05, 0.1) is 17.3 Å². The molecule has 1 aliphatic rings. The number of benzene rings is 2. The molecule has 0 spiro atoms. The summed E-state index contributed by atoms with van der Waals surface area (Å²) in [6, 6.07) is 11.8. The number of ether oxygens (including phenoxy) is 2. The first-order valence-electron chi connectivity index (χ1n) is 8.35. The van der Waals surface area contributed by atoms with Crippen molar-refractivity contribution in [2.24, 2.45) is 0 Å². The van der Waals surface area contributed by atoms with Crippen LogP contribution in [0.15, 0.2) is 58.8 Å². The van der Waals surface area contributed by atoms with Crippen molar-refractivity contribution in [3.8, 4) is 11.5 Å². The van der Waals surface area contributed by atoms with E-state index in [1.165, 1.54) is 21.7 Å². The Balaban J connectivity index is 1.83. The van der Waals surface area contributed by atoms with Crippen LogP contribution in [0.3, 0.4) is 0 Å². The van der Waals surface area contributed by atoms with E-state index in [0.29, 0.717) is 30.4 Å². The minimum absolute atomic E-state index is 0.0462. The smallest absolute Gasteiger partial charge is 0.266 e. The van der Waals surface area contributed by atoms with Crippen molar-refractivity contribution >= 4 is 38.6 Å². The van der Waals surface area contributed by atoms with Gasteiger partial charge in [-0.2, -0.15) is 0 Å². The van der Waals surface area contributed by atoms with E-state index in [1.807, 2.05) is 17.5 Å². The van der Waals surface area contributed by atoms with E-state index in [4.69, 9.17) is 21.1 Å². The maximum Gasteiger partial charge on any atom is 0.266 e. The molecule has 0 N–H and O–H groups in total. The van der Waals surface area contributed by atoms with Gasteiger partial charge >= 0.3 is 0 Å². The molecule has 28 heavy (non-hydrogen) atoms. The first-order chi connectivity index (χ1) is 13.4. The average molecular weight is 440 g/mol. The molecule has 0 aliphatic carbocycles. The van der Waals surface area contributed by atoms with Gasteiger partial charge in [-0.3, -0.25) is 4.31 Å². The quantitative estimate of drug-likeness (QED) is 0.577. The van der Waals surface area contributed by atoms with Gasteiger partial charge in [0.25, 0.3) is 10.0 Å². The molecular formula is C19H15ClFNO4S2. The zero-order chi connectivity index (χ0) is 19.7. The summed E-state index contributed by atoms with van der Waals surface area (Å²) >= 11 is 7.52. The largest absolute Gasteiger partial charge is 0.486 e. The van der Waals surface area contributed by atoms with E-state index in [9.17, 15) is 12.8 Å². The lowest BCUT2D eigenvalue weighted by Crippen LogP contribution is -2.30. The van der Waals surface area contributed by atoms with Crippen LogP contribution in [0.1, 0.15) is 4.88 Å². The van der Waals surface area contributed by atoms with Crippen molar-refractivity contribution in [1.82, 2.24) is 0 Å². The van der Waals surface area contributed by atoms with Crippen LogP contribution in [-0.2, 0) is 16.6 Å². The van der Waals surface area contributed by atoms with E-state index in [1.54, 1.807) is 18.2 Å². The highest BCUT2D eigenvalue weighted by Gasteiger charge is 2.29. The van der Waals surface area contributed by atoms with E-state index >= 15 is 0 Å². The number of rotatable bonds is 5. The molecule has 0 amide bonds. The van der Waals surface area contributed by atoms with Crippen LogP contribution in [-0.4, -0.2) is 21.6 Å². The van der Waals surface area contributed by atoms with E-state index < -0.39 is 15.8 Å². The predicted octanol–water partition coefficient (Wildman–Crippen LogP) is 4.71. The third kappa shape index (κ3) is 3.67. The number of fused-ring (bicyclic) bond motifs is 1. The summed E-state index contributed by atoms with van der Waals surface area (Å²) in [4.78, 5) is 0.534. The number of hydrogen-bond acceptors (Lipinski definition) is 5. The van der Waals surface area contributed by atoms with Crippen molar-refractivity contribution in [2.45, 2.75) is 11.4 Å². The lowest BCUT2D eigenvalue weighted by molar-refractivity contribution is 0.171. The summed E-state index contributed by atoms with van der Waals surface area (Å²) in [5, 5.41) is 1.81. The van der Waals surface area contributed by atoms with Crippen LogP contribution in [0.5, 0.6) is 11.5 Å². The van der Waals surface area contributed by atoms with Gasteiger partial charge in [-0.1, -0.05) is 17.7 Å². The standard InChI is InChI=1S/C19H15ClFNO4S2/c20-16-5-3-13(21)10-19(16)28(23,24)22(12-15-2-1-9-27-15)14-4-6-17-18(11-14)26-8-7-25-17/h1-6,9-11H,7-8,12H2. The second-order valence-corrected chi connectivity index (χ2v) is 9.26. The SMILES string of the molecule is O=S(=O)(c1cc(F)ccc1Cl)N(Cc1cccs1)c1ccc2c(c1)OCCO2. The van der Waals surface area contributed by atoms with E-state index in [-0.39, 0.29) is 16.5 Å². The molecule has 0 saturated heterocycles. The minimum atomic E-state index is -4.14.